The highest BCUT2D eigenvalue weighted by atomic mass is 15.3. The van der Waals surface area contributed by atoms with Crippen LogP contribution < -0.4 is 0 Å². The molecule has 3 heterocycles. The van der Waals surface area contributed by atoms with E-state index in [0.29, 0.717) is 5.78 Å². The van der Waals surface area contributed by atoms with E-state index < -0.39 is 0 Å². The lowest BCUT2D eigenvalue weighted by molar-refractivity contribution is 0.949. The summed E-state index contributed by atoms with van der Waals surface area (Å²) in [5.74, 6) is 0.580. The van der Waals surface area contributed by atoms with Crippen LogP contribution in [-0.2, 0) is 0 Å². The molecule has 0 aliphatic carbocycles. The second kappa shape index (κ2) is 5.76. The number of H-pyrrole nitrogens is 1. The molecule has 5 nitrogen and oxygen atoms in total. The van der Waals surface area contributed by atoms with E-state index in [1.54, 1.807) is 0 Å². The minimum absolute atomic E-state index is 0.580. The van der Waals surface area contributed by atoms with Crippen molar-refractivity contribution in [3.8, 4) is 22.5 Å². The van der Waals surface area contributed by atoms with Crippen LogP contribution in [0.4, 0.5) is 0 Å². The van der Waals surface area contributed by atoms with Crippen LogP contribution in [0.1, 0.15) is 0 Å². The molecule has 0 saturated carbocycles. The first kappa shape index (κ1) is 15.1. The van der Waals surface area contributed by atoms with Crippen molar-refractivity contribution in [1.29, 1.82) is 0 Å². The van der Waals surface area contributed by atoms with E-state index in [0.717, 1.165) is 44.6 Å². The Labute approximate surface area is 160 Å². The van der Waals surface area contributed by atoms with E-state index in [-0.39, 0.29) is 0 Å². The molecule has 0 atom stereocenters. The number of aromatic nitrogens is 5. The van der Waals surface area contributed by atoms with Crippen LogP contribution in [0.3, 0.4) is 0 Å². The van der Waals surface area contributed by atoms with Gasteiger partial charge in [-0.05, 0) is 6.07 Å². The van der Waals surface area contributed by atoms with Crippen molar-refractivity contribution < 1.29 is 0 Å². The smallest absolute Gasteiger partial charge is 0.253 e. The van der Waals surface area contributed by atoms with Crippen molar-refractivity contribution in [2.75, 3.05) is 0 Å². The Morgan fingerprint density at radius 1 is 0.679 bits per heavy atom. The number of hydrogen-bond acceptors (Lipinski definition) is 3. The van der Waals surface area contributed by atoms with Crippen molar-refractivity contribution in [2.45, 2.75) is 0 Å². The zero-order chi connectivity index (χ0) is 18.5. The average Bonchev–Trinajstić information content (AvgIpc) is 3.31. The van der Waals surface area contributed by atoms with Gasteiger partial charge in [-0.3, -0.25) is 0 Å². The van der Waals surface area contributed by atoms with Gasteiger partial charge < -0.3 is 4.98 Å². The molecule has 0 radical (unpaired) electrons. The second-order valence-corrected chi connectivity index (χ2v) is 6.73. The van der Waals surface area contributed by atoms with E-state index in [2.05, 4.69) is 35.3 Å². The fraction of sp³-hybridized carbons (Fsp3) is 0. The first-order chi connectivity index (χ1) is 13.9. The third kappa shape index (κ3) is 2.16. The van der Waals surface area contributed by atoms with Gasteiger partial charge in [0.1, 0.15) is 16.9 Å². The highest BCUT2D eigenvalue weighted by Gasteiger charge is 2.19. The number of benzene rings is 3. The second-order valence-electron chi connectivity index (χ2n) is 6.73. The number of rotatable bonds is 2. The summed E-state index contributed by atoms with van der Waals surface area (Å²) in [6.45, 7) is 0. The summed E-state index contributed by atoms with van der Waals surface area (Å²) >= 11 is 0. The molecule has 0 unspecified atom stereocenters. The Hall–Kier alpha value is -3.99. The number of imidazole rings is 1. The number of fused-ring (bicyclic) bond motifs is 4. The predicted octanol–water partition coefficient (Wildman–Crippen LogP) is 5.09. The normalized spacial score (nSPS) is 11.6. The molecule has 0 fully saturated rings. The topological polar surface area (TPSA) is 58.9 Å². The Kier molecular flexibility index (Phi) is 3.10. The van der Waals surface area contributed by atoms with Gasteiger partial charge in [0, 0.05) is 22.0 Å². The Bertz CT molecular complexity index is 1450. The molecule has 132 valence electrons. The molecular weight excluding hydrogens is 346 g/mol. The van der Waals surface area contributed by atoms with E-state index in [1.165, 1.54) is 0 Å². The highest BCUT2D eigenvalue weighted by molar-refractivity contribution is 6.03. The van der Waals surface area contributed by atoms with E-state index >= 15 is 0 Å². The molecular formula is C23H15N5. The summed E-state index contributed by atoms with van der Waals surface area (Å²) in [4.78, 5) is 13.0. The van der Waals surface area contributed by atoms with Gasteiger partial charge in [-0.15, -0.1) is 0 Å². The third-order valence-electron chi connectivity index (χ3n) is 5.00. The van der Waals surface area contributed by atoms with Crippen molar-refractivity contribution >= 4 is 27.8 Å². The Morgan fingerprint density at radius 3 is 2.14 bits per heavy atom. The first-order valence-corrected chi connectivity index (χ1v) is 9.16. The van der Waals surface area contributed by atoms with Crippen molar-refractivity contribution in [3.63, 3.8) is 0 Å². The lowest BCUT2D eigenvalue weighted by atomic mass is 10.1. The quantitative estimate of drug-likeness (QED) is 0.467. The monoisotopic (exact) mass is 361 g/mol. The largest absolute Gasteiger partial charge is 0.338 e. The molecule has 28 heavy (non-hydrogen) atoms. The number of para-hydroxylation sites is 1. The molecule has 5 heteroatoms. The maximum Gasteiger partial charge on any atom is 0.253 e. The number of nitrogens with one attached hydrogen (secondary N) is 1. The molecule has 0 bridgehead atoms. The van der Waals surface area contributed by atoms with Gasteiger partial charge >= 0.3 is 0 Å². The van der Waals surface area contributed by atoms with E-state index in [9.17, 15) is 0 Å². The summed E-state index contributed by atoms with van der Waals surface area (Å²) in [5, 5.41) is 6.01. The summed E-state index contributed by atoms with van der Waals surface area (Å²) < 4.78 is 1.86. The van der Waals surface area contributed by atoms with Crippen molar-refractivity contribution in [1.82, 2.24) is 24.6 Å². The number of aromatic amines is 1. The zero-order valence-electron chi connectivity index (χ0n) is 14.9. The van der Waals surface area contributed by atoms with E-state index in [1.807, 2.05) is 59.1 Å². The van der Waals surface area contributed by atoms with Gasteiger partial charge in [0.2, 0.25) is 0 Å². The highest BCUT2D eigenvalue weighted by Crippen LogP contribution is 2.33. The van der Waals surface area contributed by atoms with Crippen molar-refractivity contribution in [3.05, 3.63) is 84.9 Å². The Balaban J connectivity index is 1.75. The maximum atomic E-state index is 4.95. The van der Waals surface area contributed by atoms with Crippen LogP contribution in [0.2, 0.25) is 0 Å². The lowest BCUT2D eigenvalue weighted by Crippen LogP contribution is -1.97. The fourth-order valence-corrected chi connectivity index (χ4v) is 3.72. The molecule has 0 amide bonds. The van der Waals surface area contributed by atoms with Crippen LogP contribution in [0.5, 0.6) is 0 Å². The van der Waals surface area contributed by atoms with Crippen LogP contribution >= 0.6 is 0 Å². The van der Waals surface area contributed by atoms with Gasteiger partial charge in [0.05, 0.1) is 0 Å². The SMILES string of the molecule is c1ccc(-c2nc3nc4[nH]c5ccccc5c4nn3c2-c2ccccc2)cc1. The molecule has 1 N–H and O–H groups in total. The van der Waals surface area contributed by atoms with Crippen molar-refractivity contribution in [2.24, 2.45) is 0 Å². The third-order valence-corrected chi connectivity index (χ3v) is 5.00. The minimum atomic E-state index is 0.580. The lowest BCUT2D eigenvalue weighted by Gasteiger charge is -2.04. The fourth-order valence-electron chi connectivity index (χ4n) is 3.72. The molecule has 3 aromatic carbocycles. The zero-order valence-corrected chi connectivity index (χ0v) is 14.9. The molecule has 0 spiro atoms. The maximum absolute atomic E-state index is 4.95. The van der Waals surface area contributed by atoms with Crippen LogP contribution in [0.15, 0.2) is 84.9 Å². The molecule has 0 aliphatic rings. The summed E-state index contributed by atoms with van der Waals surface area (Å²) in [5.41, 5.74) is 6.54. The average molecular weight is 361 g/mol. The number of nitrogens with zero attached hydrogens (tertiary/aromatic N) is 4. The summed E-state index contributed by atoms with van der Waals surface area (Å²) in [7, 11) is 0. The predicted molar refractivity (Wildman–Crippen MR) is 111 cm³/mol. The van der Waals surface area contributed by atoms with E-state index in [4.69, 9.17) is 15.1 Å². The van der Waals surface area contributed by atoms with Gasteiger partial charge in [-0.25, -0.2) is 4.98 Å². The first-order valence-electron chi connectivity index (χ1n) is 9.16. The van der Waals surface area contributed by atoms with Crippen LogP contribution in [0.25, 0.3) is 50.4 Å². The summed E-state index contributed by atoms with van der Waals surface area (Å²) in [6, 6.07) is 28.5. The molecule has 6 aromatic rings. The molecule has 0 saturated heterocycles. The van der Waals surface area contributed by atoms with Crippen LogP contribution in [0, 0.1) is 0 Å². The minimum Gasteiger partial charge on any atom is -0.338 e. The van der Waals surface area contributed by atoms with Gasteiger partial charge in [0.25, 0.3) is 5.78 Å². The molecule has 3 aromatic heterocycles. The van der Waals surface area contributed by atoms with Gasteiger partial charge in [-0.1, -0.05) is 78.9 Å². The van der Waals surface area contributed by atoms with Gasteiger partial charge in [0.15, 0.2) is 5.65 Å². The summed E-state index contributed by atoms with van der Waals surface area (Å²) in [6.07, 6.45) is 0. The van der Waals surface area contributed by atoms with Crippen LogP contribution in [-0.4, -0.2) is 24.6 Å². The molecule has 0 aliphatic heterocycles. The van der Waals surface area contributed by atoms with Gasteiger partial charge in [-0.2, -0.15) is 14.6 Å². The molecule has 6 rings (SSSR count). The standard InChI is InChI=1S/C23H15N5/c1-3-9-15(10-4-1)19-21(16-11-5-2-6-12-16)28-23(25-19)26-22-20(27-28)17-13-7-8-14-18(17)24-22/h1-14H,(H,24,25,26). The number of hydrogen-bond donors (Lipinski definition) is 1. The Morgan fingerprint density at radius 2 is 1.36 bits per heavy atom.